The van der Waals surface area contributed by atoms with E-state index in [1.165, 1.54) is 0 Å². The normalized spacial score (nSPS) is 14.9. The van der Waals surface area contributed by atoms with Crippen molar-refractivity contribution in [2.45, 2.75) is 19.9 Å². The maximum atomic E-state index is 9.77. The second kappa shape index (κ2) is 7.03. The van der Waals surface area contributed by atoms with E-state index in [-0.39, 0.29) is 11.8 Å². The van der Waals surface area contributed by atoms with Crippen LogP contribution in [0.3, 0.4) is 0 Å². The zero-order valence-corrected chi connectivity index (χ0v) is 15.7. The van der Waals surface area contributed by atoms with Gasteiger partial charge in [0, 0.05) is 25.2 Å². The number of benzene rings is 1. The Kier molecular flexibility index (Phi) is 4.57. The van der Waals surface area contributed by atoms with Crippen molar-refractivity contribution >= 4 is 16.9 Å². The van der Waals surface area contributed by atoms with Crippen LogP contribution in [-0.2, 0) is 4.74 Å². The summed E-state index contributed by atoms with van der Waals surface area (Å²) in [6.07, 6.45) is 1.83. The molecule has 1 N–H and O–H groups in total. The summed E-state index contributed by atoms with van der Waals surface area (Å²) in [6, 6.07) is 5.12. The number of nitrogens with zero attached hydrogens (tertiary/aromatic N) is 5. The van der Waals surface area contributed by atoms with Gasteiger partial charge in [-0.3, -0.25) is 0 Å². The van der Waals surface area contributed by atoms with Crippen LogP contribution in [-0.4, -0.2) is 58.3 Å². The van der Waals surface area contributed by atoms with E-state index in [0.717, 1.165) is 35.5 Å². The molecule has 3 heterocycles. The molecule has 2 aromatic heterocycles. The Morgan fingerprint density at radius 2 is 1.96 bits per heavy atom. The standard InChI is InChI=1S/C19H23N5O3/c1-12(2)24-19-15(11-20-24)18(23-6-8-27-9-7-23)21-17(22-19)14-5-4-13(25)10-16(14)26-3/h4-5,10-12,25H,6-9H2,1-3H3. The number of hydrogen-bond donors (Lipinski definition) is 1. The van der Waals surface area contributed by atoms with Gasteiger partial charge in [-0.25, -0.2) is 14.6 Å². The molecule has 1 aromatic carbocycles. The van der Waals surface area contributed by atoms with Crippen molar-refractivity contribution in [2.75, 3.05) is 38.3 Å². The van der Waals surface area contributed by atoms with Gasteiger partial charge in [0.1, 0.15) is 17.3 Å². The van der Waals surface area contributed by atoms with Crippen molar-refractivity contribution in [3.8, 4) is 22.9 Å². The molecule has 0 radical (unpaired) electrons. The first-order chi connectivity index (χ1) is 13.1. The second-order valence-corrected chi connectivity index (χ2v) is 6.77. The van der Waals surface area contributed by atoms with Gasteiger partial charge < -0.3 is 19.5 Å². The molecule has 0 unspecified atom stereocenters. The van der Waals surface area contributed by atoms with E-state index >= 15 is 0 Å². The molecule has 1 aliphatic rings. The van der Waals surface area contributed by atoms with Crippen molar-refractivity contribution in [1.82, 2.24) is 19.7 Å². The zero-order valence-electron chi connectivity index (χ0n) is 15.7. The van der Waals surface area contributed by atoms with Gasteiger partial charge in [-0.05, 0) is 26.0 Å². The van der Waals surface area contributed by atoms with Crippen LogP contribution in [0, 0.1) is 0 Å². The molecule has 1 fully saturated rings. The quantitative estimate of drug-likeness (QED) is 0.756. The molecule has 8 nitrogen and oxygen atoms in total. The third kappa shape index (κ3) is 3.16. The predicted molar refractivity (Wildman–Crippen MR) is 102 cm³/mol. The highest BCUT2D eigenvalue weighted by Crippen LogP contribution is 2.34. The summed E-state index contributed by atoms with van der Waals surface area (Å²) in [5, 5.41) is 15.2. The molecule has 27 heavy (non-hydrogen) atoms. The number of aromatic hydroxyl groups is 1. The molecular weight excluding hydrogens is 346 g/mol. The molecule has 0 spiro atoms. The number of fused-ring (bicyclic) bond motifs is 1. The molecule has 0 bridgehead atoms. The topological polar surface area (TPSA) is 85.5 Å². The lowest BCUT2D eigenvalue weighted by Gasteiger charge is -2.28. The number of methoxy groups -OCH3 is 1. The Labute approximate surface area is 157 Å². The molecule has 142 valence electrons. The minimum atomic E-state index is 0.136. The maximum Gasteiger partial charge on any atom is 0.167 e. The van der Waals surface area contributed by atoms with E-state index in [1.807, 2.05) is 10.9 Å². The average molecular weight is 369 g/mol. The lowest BCUT2D eigenvalue weighted by Crippen LogP contribution is -2.37. The molecule has 1 saturated heterocycles. The molecule has 0 saturated carbocycles. The number of rotatable bonds is 4. The summed E-state index contributed by atoms with van der Waals surface area (Å²) in [4.78, 5) is 11.8. The van der Waals surface area contributed by atoms with Gasteiger partial charge in [-0.2, -0.15) is 5.10 Å². The van der Waals surface area contributed by atoms with Gasteiger partial charge >= 0.3 is 0 Å². The fraction of sp³-hybridized carbons (Fsp3) is 0.421. The smallest absolute Gasteiger partial charge is 0.167 e. The van der Waals surface area contributed by atoms with E-state index < -0.39 is 0 Å². The van der Waals surface area contributed by atoms with Crippen LogP contribution in [0.15, 0.2) is 24.4 Å². The van der Waals surface area contributed by atoms with E-state index in [4.69, 9.17) is 19.4 Å². The minimum Gasteiger partial charge on any atom is -0.508 e. The summed E-state index contributed by atoms with van der Waals surface area (Å²) in [5.74, 6) is 2.05. The third-order valence-corrected chi connectivity index (χ3v) is 4.66. The Hall–Kier alpha value is -2.87. The fourth-order valence-corrected chi connectivity index (χ4v) is 3.29. The van der Waals surface area contributed by atoms with E-state index in [0.29, 0.717) is 24.8 Å². The number of anilines is 1. The number of ether oxygens (including phenoxy) is 2. The van der Waals surface area contributed by atoms with Gasteiger partial charge in [-0.1, -0.05) is 0 Å². The van der Waals surface area contributed by atoms with Crippen molar-refractivity contribution in [2.24, 2.45) is 0 Å². The summed E-state index contributed by atoms with van der Waals surface area (Å²) >= 11 is 0. The van der Waals surface area contributed by atoms with Crippen LogP contribution < -0.4 is 9.64 Å². The molecular formula is C19H23N5O3. The van der Waals surface area contributed by atoms with Crippen molar-refractivity contribution in [1.29, 1.82) is 0 Å². The van der Waals surface area contributed by atoms with E-state index in [9.17, 15) is 5.11 Å². The lowest BCUT2D eigenvalue weighted by atomic mass is 10.1. The predicted octanol–water partition coefficient (Wildman–Crippen LogP) is 2.63. The molecule has 1 aliphatic heterocycles. The van der Waals surface area contributed by atoms with Crippen molar-refractivity contribution in [3.05, 3.63) is 24.4 Å². The number of phenolic OH excluding ortho intramolecular Hbond substituents is 1. The van der Waals surface area contributed by atoms with Gasteiger partial charge in [0.2, 0.25) is 0 Å². The number of aromatic nitrogens is 4. The summed E-state index contributed by atoms with van der Waals surface area (Å²) in [7, 11) is 1.57. The SMILES string of the molecule is COc1cc(O)ccc1-c1nc(N2CCOCC2)c2cnn(C(C)C)c2n1. The molecule has 0 atom stereocenters. The van der Waals surface area contributed by atoms with Crippen LogP contribution in [0.2, 0.25) is 0 Å². The van der Waals surface area contributed by atoms with Crippen LogP contribution in [0.4, 0.5) is 5.82 Å². The fourth-order valence-electron chi connectivity index (χ4n) is 3.29. The molecule has 3 aromatic rings. The Morgan fingerprint density at radius 3 is 2.67 bits per heavy atom. The third-order valence-electron chi connectivity index (χ3n) is 4.66. The van der Waals surface area contributed by atoms with Crippen LogP contribution in [0.5, 0.6) is 11.5 Å². The Morgan fingerprint density at radius 1 is 1.19 bits per heavy atom. The van der Waals surface area contributed by atoms with Crippen molar-refractivity contribution < 1.29 is 14.6 Å². The first-order valence-electron chi connectivity index (χ1n) is 9.04. The zero-order chi connectivity index (χ0) is 19.0. The largest absolute Gasteiger partial charge is 0.508 e. The first-order valence-corrected chi connectivity index (χ1v) is 9.04. The Bertz CT molecular complexity index is 963. The highest BCUT2D eigenvalue weighted by Gasteiger charge is 2.22. The summed E-state index contributed by atoms with van der Waals surface area (Å²) in [5.41, 5.74) is 1.51. The molecule has 4 rings (SSSR count). The second-order valence-electron chi connectivity index (χ2n) is 6.77. The molecule has 8 heteroatoms. The summed E-state index contributed by atoms with van der Waals surface area (Å²) in [6.45, 7) is 7.02. The summed E-state index contributed by atoms with van der Waals surface area (Å²) < 4.78 is 12.8. The number of morpholine rings is 1. The van der Waals surface area contributed by atoms with Crippen LogP contribution in [0.1, 0.15) is 19.9 Å². The van der Waals surface area contributed by atoms with Gasteiger partial charge in [-0.15, -0.1) is 0 Å². The molecule has 0 aliphatic carbocycles. The molecule has 0 amide bonds. The first kappa shape index (κ1) is 17.5. The highest BCUT2D eigenvalue weighted by atomic mass is 16.5. The van der Waals surface area contributed by atoms with E-state index in [2.05, 4.69) is 23.8 Å². The lowest BCUT2D eigenvalue weighted by molar-refractivity contribution is 0.122. The van der Waals surface area contributed by atoms with Gasteiger partial charge in [0.25, 0.3) is 0 Å². The minimum absolute atomic E-state index is 0.136. The van der Waals surface area contributed by atoms with Gasteiger partial charge in [0.15, 0.2) is 11.5 Å². The van der Waals surface area contributed by atoms with Gasteiger partial charge in [0.05, 0.1) is 37.5 Å². The highest BCUT2D eigenvalue weighted by molar-refractivity contribution is 5.89. The Balaban J connectivity index is 1.94. The van der Waals surface area contributed by atoms with E-state index in [1.54, 1.807) is 25.3 Å². The number of hydrogen-bond acceptors (Lipinski definition) is 7. The van der Waals surface area contributed by atoms with Crippen LogP contribution in [0.25, 0.3) is 22.4 Å². The van der Waals surface area contributed by atoms with Crippen LogP contribution >= 0.6 is 0 Å². The average Bonchev–Trinajstić information content (AvgIpc) is 3.12. The monoisotopic (exact) mass is 369 g/mol. The van der Waals surface area contributed by atoms with Crippen molar-refractivity contribution in [3.63, 3.8) is 0 Å². The maximum absolute atomic E-state index is 9.77. The number of phenols is 1.